The van der Waals surface area contributed by atoms with Crippen molar-refractivity contribution in [2.75, 3.05) is 6.61 Å². The van der Waals surface area contributed by atoms with E-state index in [1.807, 2.05) is 0 Å². The van der Waals surface area contributed by atoms with Gasteiger partial charge in [-0.1, -0.05) is 35.5 Å². The first kappa shape index (κ1) is 17.7. The van der Waals surface area contributed by atoms with Gasteiger partial charge in [0.15, 0.2) is 0 Å². The van der Waals surface area contributed by atoms with E-state index in [2.05, 4.69) is 29.4 Å². The van der Waals surface area contributed by atoms with Crippen LogP contribution in [0.25, 0.3) is 0 Å². The quantitative estimate of drug-likeness (QED) is 0.552. The van der Waals surface area contributed by atoms with Crippen LogP contribution in [-0.4, -0.2) is 24.6 Å². The van der Waals surface area contributed by atoms with E-state index in [1.54, 1.807) is 30.3 Å². The zero-order valence-electron chi connectivity index (χ0n) is 13.3. The molecule has 1 aliphatic carbocycles. The van der Waals surface area contributed by atoms with Crippen LogP contribution >= 0.6 is 15.9 Å². The molecule has 0 N–H and O–H groups in total. The van der Waals surface area contributed by atoms with Crippen LogP contribution in [0.2, 0.25) is 0 Å². The van der Waals surface area contributed by atoms with Gasteiger partial charge in [0, 0.05) is 23.2 Å². The second kappa shape index (κ2) is 7.77. The van der Waals surface area contributed by atoms with Crippen molar-refractivity contribution in [3.8, 4) is 0 Å². The molecule has 1 fully saturated rings. The number of halogens is 1. The van der Waals surface area contributed by atoms with Crippen LogP contribution in [0, 0.1) is 17.8 Å². The molecule has 5 heteroatoms. The van der Waals surface area contributed by atoms with Gasteiger partial charge in [-0.2, -0.15) is 0 Å². The molecule has 0 heterocycles. The molecular formula is C18H21BrO4. The van der Waals surface area contributed by atoms with Crippen LogP contribution in [0.1, 0.15) is 30.6 Å². The lowest BCUT2D eigenvalue weighted by Crippen LogP contribution is -2.46. The third-order valence-electron chi connectivity index (χ3n) is 4.38. The maximum absolute atomic E-state index is 12.3. The van der Waals surface area contributed by atoms with E-state index in [9.17, 15) is 9.59 Å². The minimum Gasteiger partial charge on any atom is -0.466 e. The lowest BCUT2D eigenvalue weighted by Gasteiger charge is -2.45. The summed E-state index contributed by atoms with van der Waals surface area (Å²) >= 11 is 3.34. The molecule has 1 aromatic carbocycles. The van der Waals surface area contributed by atoms with E-state index < -0.39 is 0 Å². The topological polar surface area (TPSA) is 52.6 Å². The van der Waals surface area contributed by atoms with E-state index in [0.717, 1.165) is 10.9 Å². The molecule has 0 spiro atoms. The van der Waals surface area contributed by atoms with Crippen molar-refractivity contribution in [3.63, 3.8) is 0 Å². The summed E-state index contributed by atoms with van der Waals surface area (Å²) in [7, 11) is 0. The number of carbonyl (C=O) groups is 2. The summed E-state index contributed by atoms with van der Waals surface area (Å²) in [5.74, 6) is 0.118. The highest BCUT2D eigenvalue weighted by Gasteiger charge is 2.43. The number of benzene rings is 1. The molecule has 4 atom stereocenters. The lowest BCUT2D eigenvalue weighted by molar-refractivity contribution is -0.147. The minimum atomic E-state index is -0.372. The second-order valence-electron chi connectivity index (χ2n) is 5.96. The smallest absolute Gasteiger partial charge is 0.338 e. The van der Waals surface area contributed by atoms with Gasteiger partial charge in [-0.3, -0.25) is 4.79 Å². The van der Waals surface area contributed by atoms with E-state index in [4.69, 9.17) is 9.47 Å². The predicted molar refractivity (Wildman–Crippen MR) is 90.9 cm³/mol. The summed E-state index contributed by atoms with van der Waals surface area (Å²) in [6.07, 6.45) is 2.22. The predicted octanol–water partition coefficient (Wildman–Crippen LogP) is 4.00. The first-order chi connectivity index (χ1) is 10.9. The minimum absolute atomic E-state index is 0.140. The Hall–Kier alpha value is -1.62. The van der Waals surface area contributed by atoms with Crippen LogP contribution < -0.4 is 0 Å². The molecule has 1 saturated carbocycles. The first-order valence-corrected chi connectivity index (χ1v) is 8.44. The average molecular weight is 381 g/mol. The Morgan fingerprint density at radius 1 is 1.39 bits per heavy atom. The Bertz CT molecular complexity index is 581. The molecule has 2 rings (SSSR count). The number of rotatable bonds is 6. The van der Waals surface area contributed by atoms with Crippen molar-refractivity contribution in [1.29, 1.82) is 0 Å². The molecule has 0 unspecified atom stereocenters. The standard InChI is InChI=1S/C18H21BrO4/c1-4-17(15-9-11(2)16(15)10-22-12(3)20)23-18(21)13-5-7-14(19)8-6-13/h4-8,11,15-17H,1,9-10H2,2-3H3/t11-,15-,16-,17+/m1/s1. The van der Waals surface area contributed by atoms with Crippen LogP contribution in [0.4, 0.5) is 0 Å². The largest absolute Gasteiger partial charge is 0.466 e. The zero-order chi connectivity index (χ0) is 17.0. The van der Waals surface area contributed by atoms with Crippen LogP contribution in [0.3, 0.4) is 0 Å². The van der Waals surface area contributed by atoms with E-state index in [-0.39, 0.29) is 29.9 Å². The van der Waals surface area contributed by atoms with Crippen molar-refractivity contribution in [3.05, 3.63) is 47.0 Å². The SMILES string of the molecule is C=C[C@H](OC(=O)c1ccc(Br)cc1)[C@@H]1C[C@@H](C)[C@H]1COC(C)=O. The van der Waals surface area contributed by atoms with Crippen LogP contribution in [-0.2, 0) is 14.3 Å². The number of hydrogen-bond acceptors (Lipinski definition) is 4. The Labute approximate surface area is 145 Å². The number of esters is 2. The van der Waals surface area contributed by atoms with Gasteiger partial charge in [0.2, 0.25) is 0 Å². The number of ether oxygens (including phenoxy) is 2. The molecule has 0 aromatic heterocycles. The van der Waals surface area contributed by atoms with Crippen molar-refractivity contribution < 1.29 is 19.1 Å². The summed E-state index contributed by atoms with van der Waals surface area (Å²) in [5.41, 5.74) is 0.504. The summed E-state index contributed by atoms with van der Waals surface area (Å²) in [4.78, 5) is 23.3. The van der Waals surface area contributed by atoms with Crippen molar-refractivity contribution in [2.24, 2.45) is 17.8 Å². The van der Waals surface area contributed by atoms with E-state index in [1.165, 1.54) is 6.92 Å². The number of hydrogen-bond donors (Lipinski definition) is 0. The highest BCUT2D eigenvalue weighted by Crippen LogP contribution is 2.43. The molecule has 0 bridgehead atoms. The summed E-state index contributed by atoms with van der Waals surface area (Å²) in [5, 5.41) is 0. The molecule has 0 radical (unpaired) electrons. The molecule has 0 saturated heterocycles. The lowest BCUT2D eigenvalue weighted by atomic mass is 9.63. The summed E-state index contributed by atoms with van der Waals surface area (Å²) in [6, 6.07) is 7.03. The molecule has 0 amide bonds. The van der Waals surface area contributed by atoms with Gasteiger partial charge in [0.25, 0.3) is 0 Å². The average Bonchev–Trinajstić information content (AvgIpc) is 2.50. The Morgan fingerprint density at radius 3 is 2.57 bits per heavy atom. The normalized spacial score (nSPS) is 24.2. The fourth-order valence-electron chi connectivity index (χ4n) is 2.97. The van der Waals surface area contributed by atoms with Gasteiger partial charge in [-0.05, 0) is 36.6 Å². The third kappa shape index (κ3) is 4.44. The Kier molecular flexibility index (Phi) is 5.99. The molecule has 124 valence electrons. The summed E-state index contributed by atoms with van der Waals surface area (Å²) < 4.78 is 11.6. The molecule has 4 nitrogen and oxygen atoms in total. The van der Waals surface area contributed by atoms with Gasteiger partial charge in [0.05, 0.1) is 12.2 Å². The second-order valence-corrected chi connectivity index (χ2v) is 6.87. The monoisotopic (exact) mass is 380 g/mol. The third-order valence-corrected chi connectivity index (χ3v) is 4.91. The summed E-state index contributed by atoms with van der Waals surface area (Å²) in [6.45, 7) is 7.66. The van der Waals surface area contributed by atoms with Crippen molar-refractivity contribution >= 4 is 27.9 Å². The highest BCUT2D eigenvalue weighted by molar-refractivity contribution is 9.10. The number of carbonyl (C=O) groups excluding carboxylic acids is 2. The molecular weight excluding hydrogens is 360 g/mol. The van der Waals surface area contributed by atoms with Gasteiger partial charge in [-0.25, -0.2) is 4.79 Å². The van der Waals surface area contributed by atoms with Gasteiger partial charge in [-0.15, -0.1) is 0 Å². The zero-order valence-corrected chi connectivity index (χ0v) is 14.9. The molecule has 0 aliphatic heterocycles. The fraction of sp³-hybridized carbons (Fsp3) is 0.444. The first-order valence-electron chi connectivity index (χ1n) is 7.64. The Balaban J connectivity index is 1.99. The van der Waals surface area contributed by atoms with Gasteiger partial charge < -0.3 is 9.47 Å². The molecule has 1 aliphatic rings. The maximum atomic E-state index is 12.3. The van der Waals surface area contributed by atoms with E-state index in [0.29, 0.717) is 18.1 Å². The van der Waals surface area contributed by atoms with Crippen molar-refractivity contribution in [2.45, 2.75) is 26.4 Å². The van der Waals surface area contributed by atoms with Crippen LogP contribution in [0.5, 0.6) is 0 Å². The van der Waals surface area contributed by atoms with Crippen LogP contribution in [0.15, 0.2) is 41.4 Å². The molecule has 23 heavy (non-hydrogen) atoms. The van der Waals surface area contributed by atoms with Gasteiger partial charge >= 0.3 is 11.9 Å². The van der Waals surface area contributed by atoms with E-state index >= 15 is 0 Å². The Morgan fingerprint density at radius 2 is 2.04 bits per heavy atom. The molecule has 1 aromatic rings. The maximum Gasteiger partial charge on any atom is 0.338 e. The van der Waals surface area contributed by atoms with Gasteiger partial charge in [0.1, 0.15) is 6.10 Å². The van der Waals surface area contributed by atoms with Crippen molar-refractivity contribution in [1.82, 2.24) is 0 Å². The highest BCUT2D eigenvalue weighted by atomic mass is 79.9. The fourth-order valence-corrected chi connectivity index (χ4v) is 3.24.